The molecule has 2 rings (SSSR count). The minimum atomic E-state index is 0.0478. The first-order chi connectivity index (χ1) is 9.08. The molecule has 0 aromatic heterocycles. The fourth-order valence-corrected chi connectivity index (χ4v) is 3.65. The summed E-state index contributed by atoms with van der Waals surface area (Å²) in [6, 6.07) is 0.0478. The van der Waals surface area contributed by atoms with Gasteiger partial charge < -0.3 is 4.90 Å². The molecule has 0 spiro atoms. The van der Waals surface area contributed by atoms with Gasteiger partial charge in [-0.2, -0.15) is 0 Å². The molecule has 1 saturated carbocycles. The van der Waals surface area contributed by atoms with Crippen molar-refractivity contribution in [1.82, 2.24) is 10.2 Å². The molecule has 1 aliphatic heterocycles. The van der Waals surface area contributed by atoms with Crippen LogP contribution < -0.4 is 5.32 Å². The van der Waals surface area contributed by atoms with E-state index in [4.69, 9.17) is 0 Å². The number of nitrogens with one attached hydrogen (secondary N) is 1. The molecule has 110 valence electrons. The number of carbonyl (C=O) groups excluding carboxylic acids is 1. The lowest BCUT2D eigenvalue weighted by Crippen LogP contribution is -2.40. The molecule has 5 atom stereocenters. The van der Waals surface area contributed by atoms with E-state index in [1.54, 1.807) is 0 Å². The van der Waals surface area contributed by atoms with Gasteiger partial charge in [0.2, 0.25) is 5.91 Å². The highest BCUT2D eigenvalue weighted by Gasteiger charge is 2.41. The van der Waals surface area contributed by atoms with Crippen molar-refractivity contribution in [2.45, 2.75) is 72.0 Å². The summed E-state index contributed by atoms with van der Waals surface area (Å²) in [7, 11) is 0. The minimum Gasteiger partial charge on any atom is -0.326 e. The van der Waals surface area contributed by atoms with Crippen LogP contribution in [0.4, 0.5) is 0 Å². The van der Waals surface area contributed by atoms with E-state index >= 15 is 0 Å². The molecule has 2 aliphatic rings. The Kier molecular flexibility index (Phi) is 4.88. The third-order valence-corrected chi connectivity index (χ3v) is 5.37. The van der Waals surface area contributed by atoms with Gasteiger partial charge in [0.25, 0.3) is 0 Å². The molecule has 1 aliphatic carbocycles. The zero-order valence-electron chi connectivity index (χ0n) is 13.0. The predicted molar refractivity (Wildman–Crippen MR) is 78.7 cm³/mol. The van der Waals surface area contributed by atoms with E-state index in [2.05, 4.69) is 37.9 Å². The van der Waals surface area contributed by atoms with Crippen LogP contribution in [0, 0.1) is 17.8 Å². The van der Waals surface area contributed by atoms with Crippen LogP contribution in [0.25, 0.3) is 0 Å². The highest BCUT2D eigenvalue weighted by molar-refractivity contribution is 5.84. The van der Waals surface area contributed by atoms with E-state index in [1.807, 2.05) is 0 Å². The van der Waals surface area contributed by atoms with Crippen molar-refractivity contribution in [2.24, 2.45) is 17.8 Å². The Bertz CT molecular complexity index is 318. The van der Waals surface area contributed by atoms with Crippen LogP contribution in [0.1, 0.15) is 59.8 Å². The molecule has 3 heteroatoms. The molecule has 1 saturated heterocycles. The smallest absolute Gasteiger partial charge is 0.241 e. The Morgan fingerprint density at radius 1 is 1.37 bits per heavy atom. The number of hydrogen-bond acceptors (Lipinski definition) is 2. The van der Waals surface area contributed by atoms with Crippen LogP contribution in [-0.4, -0.2) is 29.6 Å². The molecule has 1 N–H and O–H groups in total. The maximum atomic E-state index is 12.6. The van der Waals surface area contributed by atoms with E-state index in [1.165, 1.54) is 19.3 Å². The zero-order valence-corrected chi connectivity index (χ0v) is 13.0. The topological polar surface area (TPSA) is 32.3 Å². The molecule has 1 amide bonds. The number of hydrogen-bond donors (Lipinski definition) is 1. The molecule has 5 unspecified atom stereocenters. The van der Waals surface area contributed by atoms with E-state index in [0.717, 1.165) is 31.2 Å². The maximum Gasteiger partial charge on any atom is 0.241 e. The molecular weight excluding hydrogens is 236 g/mol. The fourth-order valence-electron chi connectivity index (χ4n) is 3.65. The lowest BCUT2D eigenvalue weighted by Gasteiger charge is -2.28. The van der Waals surface area contributed by atoms with Crippen LogP contribution in [0.5, 0.6) is 0 Å². The van der Waals surface area contributed by atoms with Crippen molar-refractivity contribution in [3.63, 3.8) is 0 Å². The number of nitrogens with zero attached hydrogens (tertiary/aromatic N) is 1. The summed E-state index contributed by atoms with van der Waals surface area (Å²) < 4.78 is 0. The van der Waals surface area contributed by atoms with Gasteiger partial charge in [-0.15, -0.1) is 0 Å². The SMILES string of the molecule is CCC(C)C1NC(CC)N(CC2CCCC2C)C1=O. The third kappa shape index (κ3) is 2.96. The van der Waals surface area contributed by atoms with Crippen LogP contribution in [0.2, 0.25) is 0 Å². The van der Waals surface area contributed by atoms with Crippen LogP contribution in [-0.2, 0) is 4.79 Å². The van der Waals surface area contributed by atoms with Crippen molar-refractivity contribution in [3.8, 4) is 0 Å². The highest BCUT2D eigenvalue weighted by Crippen LogP contribution is 2.33. The van der Waals surface area contributed by atoms with Crippen LogP contribution in [0.3, 0.4) is 0 Å². The average Bonchev–Trinajstić information content (AvgIpc) is 2.95. The first-order valence-electron chi connectivity index (χ1n) is 8.15. The highest BCUT2D eigenvalue weighted by atomic mass is 16.2. The summed E-state index contributed by atoms with van der Waals surface area (Å²) in [5.41, 5.74) is 0. The lowest BCUT2D eigenvalue weighted by atomic mass is 9.96. The van der Waals surface area contributed by atoms with E-state index in [9.17, 15) is 4.79 Å². The van der Waals surface area contributed by atoms with Gasteiger partial charge in [0.1, 0.15) is 0 Å². The summed E-state index contributed by atoms with van der Waals surface area (Å²) in [5.74, 6) is 2.29. The first-order valence-corrected chi connectivity index (χ1v) is 8.15. The molecule has 0 aromatic carbocycles. The van der Waals surface area contributed by atoms with E-state index < -0.39 is 0 Å². The Labute approximate surface area is 118 Å². The molecule has 2 fully saturated rings. The molecule has 19 heavy (non-hydrogen) atoms. The average molecular weight is 266 g/mol. The van der Waals surface area contributed by atoms with Gasteiger partial charge in [-0.3, -0.25) is 10.1 Å². The number of carbonyl (C=O) groups is 1. The van der Waals surface area contributed by atoms with Crippen molar-refractivity contribution in [2.75, 3.05) is 6.54 Å². The van der Waals surface area contributed by atoms with Gasteiger partial charge >= 0.3 is 0 Å². The summed E-state index contributed by atoms with van der Waals surface area (Å²) in [4.78, 5) is 14.8. The molecule has 0 bridgehead atoms. The summed E-state index contributed by atoms with van der Waals surface area (Å²) in [6.45, 7) is 9.85. The second kappa shape index (κ2) is 6.25. The maximum absolute atomic E-state index is 12.6. The minimum absolute atomic E-state index is 0.0478. The van der Waals surface area contributed by atoms with Crippen molar-refractivity contribution in [3.05, 3.63) is 0 Å². The van der Waals surface area contributed by atoms with Crippen LogP contribution >= 0.6 is 0 Å². The molecule has 0 radical (unpaired) electrons. The predicted octanol–water partition coefficient (Wildman–Crippen LogP) is 3.01. The zero-order chi connectivity index (χ0) is 14.0. The quantitative estimate of drug-likeness (QED) is 0.829. The second-order valence-electron chi connectivity index (χ2n) is 6.61. The number of amides is 1. The third-order valence-electron chi connectivity index (χ3n) is 5.37. The summed E-state index contributed by atoms with van der Waals surface area (Å²) >= 11 is 0. The first kappa shape index (κ1) is 14.8. The summed E-state index contributed by atoms with van der Waals surface area (Å²) in [6.07, 6.45) is 6.32. The lowest BCUT2D eigenvalue weighted by molar-refractivity contribution is -0.131. The van der Waals surface area contributed by atoms with Crippen molar-refractivity contribution < 1.29 is 4.79 Å². The van der Waals surface area contributed by atoms with Gasteiger partial charge in [0.15, 0.2) is 0 Å². The van der Waals surface area contributed by atoms with E-state index in [-0.39, 0.29) is 12.2 Å². The molecule has 3 nitrogen and oxygen atoms in total. The van der Waals surface area contributed by atoms with E-state index in [0.29, 0.717) is 11.8 Å². The van der Waals surface area contributed by atoms with Gasteiger partial charge in [-0.25, -0.2) is 0 Å². The normalized spacial score (nSPS) is 37.1. The van der Waals surface area contributed by atoms with Gasteiger partial charge in [0, 0.05) is 6.54 Å². The van der Waals surface area contributed by atoms with Crippen molar-refractivity contribution >= 4 is 5.91 Å². The Hall–Kier alpha value is -0.570. The van der Waals surface area contributed by atoms with Gasteiger partial charge in [0.05, 0.1) is 12.2 Å². The molecule has 1 heterocycles. The fraction of sp³-hybridized carbons (Fsp3) is 0.938. The number of rotatable bonds is 5. The van der Waals surface area contributed by atoms with Crippen molar-refractivity contribution in [1.29, 1.82) is 0 Å². The Morgan fingerprint density at radius 2 is 2.11 bits per heavy atom. The largest absolute Gasteiger partial charge is 0.326 e. The molecule has 0 aromatic rings. The standard InChI is InChI=1S/C16H30N2O/c1-5-11(3)15-16(19)18(14(6-2)17-15)10-13-9-7-8-12(13)4/h11-15,17H,5-10H2,1-4H3. The monoisotopic (exact) mass is 266 g/mol. The van der Waals surface area contributed by atoms with Gasteiger partial charge in [-0.1, -0.05) is 47.0 Å². The van der Waals surface area contributed by atoms with Crippen LogP contribution in [0.15, 0.2) is 0 Å². The second-order valence-corrected chi connectivity index (χ2v) is 6.61. The Balaban J connectivity index is 2.03. The van der Waals surface area contributed by atoms with Gasteiger partial charge in [-0.05, 0) is 30.6 Å². The molecular formula is C16H30N2O. The summed E-state index contributed by atoms with van der Waals surface area (Å²) in [5, 5.41) is 3.56. The Morgan fingerprint density at radius 3 is 2.63 bits per heavy atom.